The summed E-state index contributed by atoms with van der Waals surface area (Å²) in [6.07, 6.45) is 7.51. The third-order valence-electron chi connectivity index (χ3n) is 3.38. The van der Waals surface area contributed by atoms with E-state index in [0.29, 0.717) is 0 Å². The first-order chi connectivity index (χ1) is 10.1. The van der Waals surface area contributed by atoms with E-state index in [9.17, 15) is 5.11 Å². The van der Waals surface area contributed by atoms with E-state index in [1.807, 2.05) is 68.5 Å². The quantitative estimate of drug-likeness (QED) is 0.436. The Morgan fingerprint density at radius 3 is 1.82 bits per heavy atom. The Morgan fingerprint density at radius 2 is 1.41 bits per heavy atom. The van der Waals surface area contributed by atoms with Crippen molar-refractivity contribution in [1.82, 2.24) is 0 Å². The zero-order valence-corrected chi connectivity index (χ0v) is 14.2. The normalized spacial score (nSPS) is 11.7. The average Bonchev–Trinajstić information content (AvgIpc) is 3.14. The van der Waals surface area contributed by atoms with Gasteiger partial charge in [-0.15, -0.1) is 0 Å². The molecule has 0 saturated heterocycles. The van der Waals surface area contributed by atoms with E-state index >= 15 is 0 Å². The van der Waals surface area contributed by atoms with Crippen LogP contribution in [0.3, 0.4) is 0 Å². The Hall–Kier alpha value is -1.89. The zero-order chi connectivity index (χ0) is 15.2. The van der Waals surface area contributed by atoms with Crippen molar-refractivity contribution < 1.29 is 22.2 Å². The molecule has 1 nitrogen and oxygen atoms in total. The molecule has 0 heterocycles. The van der Waals surface area contributed by atoms with Crippen molar-refractivity contribution in [3.05, 3.63) is 94.6 Å². The molecule has 0 radical (unpaired) electrons. The number of benzene rings is 1. The molecular formula is C20H20FeO. The van der Waals surface area contributed by atoms with Gasteiger partial charge in [-0.25, -0.2) is 12.1 Å². The molecular weight excluding hydrogens is 312 g/mol. The summed E-state index contributed by atoms with van der Waals surface area (Å²) in [7, 11) is 0. The largest absolute Gasteiger partial charge is 2.00 e. The van der Waals surface area contributed by atoms with Gasteiger partial charge in [-0.05, 0) is 43.0 Å². The van der Waals surface area contributed by atoms with Crippen LogP contribution in [0.25, 0.3) is 5.76 Å². The van der Waals surface area contributed by atoms with E-state index in [-0.39, 0.29) is 22.8 Å². The Bertz CT molecular complexity index is 634. The molecule has 2 aromatic rings. The summed E-state index contributed by atoms with van der Waals surface area (Å²) in [6, 6.07) is 14.1. The average molecular weight is 332 g/mol. The summed E-state index contributed by atoms with van der Waals surface area (Å²) in [5, 5.41) is 12.3. The number of rotatable bonds is 1. The van der Waals surface area contributed by atoms with Crippen LogP contribution >= 0.6 is 0 Å². The molecule has 0 fully saturated rings. The van der Waals surface area contributed by atoms with Gasteiger partial charge in [0.05, 0.1) is 0 Å². The standard InChI is InChI=1S/C15H16O.C5H5.Fe/c1-10-8-11(2)14(12(3)9-10)15(16)13-6-4-5-7-13;1-2-4-5-3-1;/h4-9,16H,1-3H3;1-5H;/q;-1;+2/p-1. The predicted molar refractivity (Wildman–Crippen MR) is 87.9 cm³/mol. The maximum Gasteiger partial charge on any atom is 2.00 e. The Labute approximate surface area is 143 Å². The van der Waals surface area contributed by atoms with Crippen LogP contribution in [0.4, 0.5) is 0 Å². The maximum atomic E-state index is 12.3. The van der Waals surface area contributed by atoms with Crippen molar-refractivity contribution in [2.24, 2.45) is 0 Å². The third-order valence-corrected chi connectivity index (χ3v) is 3.38. The molecule has 22 heavy (non-hydrogen) atoms. The number of allylic oxidation sites excluding steroid dienone is 5. The summed E-state index contributed by atoms with van der Waals surface area (Å²) in [6.45, 7) is 6.04. The van der Waals surface area contributed by atoms with Crippen molar-refractivity contribution in [3.8, 4) is 0 Å². The second-order valence-electron chi connectivity index (χ2n) is 5.24. The van der Waals surface area contributed by atoms with Gasteiger partial charge < -0.3 is 5.11 Å². The van der Waals surface area contributed by atoms with E-state index in [1.54, 1.807) is 0 Å². The van der Waals surface area contributed by atoms with Crippen molar-refractivity contribution in [2.75, 3.05) is 0 Å². The van der Waals surface area contributed by atoms with Gasteiger partial charge in [0.15, 0.2) is 0 Å². The smallest absolute Gasteiger partial charge is 0.872 e. The fourth-order valence-corrected chi connectivity index (χ4v) is 2.53. The SMILES string of the molecule is Cc1cc(C)c(C([O-])=C2C=CC=C2)c(C)c1.[Fe+2].c1cc[cH-]c1. The Kier molecular flexibility index (Phi) is 7.04. The summed E-state index contributed by atoms with van der Waals surface area (Å²) in [5.74, 6) is 0.125. The molecule has 0 bridgehead atoms. The van der Waals surface area contributed by atoms with E-state index in [1.165, 1.54) is 5.56 Å². The zero-order valence-electron chi connectivity index (χ0n) is 13.1. The van der Waals surface area contributed by atoms with Crippen LogP contribution in [-0.4, -0.2) is 0 Å². The minimum Gasteiger partial charge on any atom is -0.872 e. The molecule has 0 spiro atoms. The molecule has 0 aliphatic heterocycles. The third kappa shape index (κ3) is 4.56. The summed E-state index contributed by atoms with van der Waals surface area (Å²) >= 11 is 0. The van der Waals surface area contributed by atoms with E-state index in [0.717, 1.165) is 22.3 Å². The van der Waals surface area contributed by atoms with Gasteiger partial charge in [0.2, 0.25) is 0 Å². The van der Waals surface area contributed by atoms with Gasteiger partial charge in [0.25, 0.3) is 0 Å². The van der Waals surface area contributed by atoms with Gasteiger partial charge >= 0.3 is 17.1 Å². The first-order valence-corrected chi connectivity index (χ1v) is 7.10. The second-order valence-corrected chi connectivity index (χ2v) is 5.24. The van der Waals surface area contributed by atoms with Gasteiger partial charge in [0.1, 0.15) is 0 Å². The second kappa shape index (κ2) is 8.53. The molecule has 0 amide bonds. The summed E-state index contributed by atoms with van der Waals surface area (Å²) in [5.41, 5.74) is 4.94. The number of hydrogen-bond acceptors (Lipinski definition) is 1. The first kappa shape index (κ1) is 18.2. The van der Waals surface area contributed by atoms with Crippen LogP contribution in [0.1, 0.15) is 22.3 Å². The van der Waals surface area contributed by atoms with Crippen LogP contribution < -0.4 is 5.11 Å². The molecule has 3 rings (SSSR count). The molecule has 0 saturated carbocycles. The summed E-state index contributed by atoms with van der Waals surface area (Å²) in [4.78, 5) is 0. The molecule has 1 aliphatic rings. The predicted octanol–water partition coefficient (Wildman–Crippen LogP) is 4.21. The van der Waals surface area contributed by atoms with Crippen molar-refractivity contribution in [2.45, 2.75) is 20.8 Å². The van der Waals surface area contributed by atoms with Crippen LogP contribution in [0.15, 0.2) is 72.3 Å². The molecule has 1 aliphatic carbocycles. The molecule has 0 atom stereocenters. The minimum atomic E-state index is 0. The van der Waals surface area contributed by atoms with Crippen molar-refractivity contribution >= 4 is 5.76 Å². The van der Waals surface area contributed by atoms with Crippen LogP contribution in [0.5, 0.6) is 0 Å². The minimum absolute atomic E-state index is 0. The van der Waals surface area contributed by atoms with Crippen LogP contribution in [0.2, 0.25) is 0 Å². The van der Waals surface area contributed by atoms with Gasteiger partial charge in [-0.3, -0.25) is 0 Å². The fourth-order valence-electron chi connectivity index (χ4n) is 2.53. The Morgan fingerprint density at radius 1 is 0.909 bits per heavy atom. The van der Waals surface area contributed by atoms with E-state index < -0.39 is 0 Å². The van der Waals surface area contributed by atoms with E-state index in [2.05, 4.69) is 19.1 Å². The molecule has 0 unspecified atom stereocenters. The molecule has 114 valence electrons. The molecule has 2 heteroatoms. The number of hydrogen-bond donors (Lipinski definition) is 0. The van der Waals surface area contributed by atoms with Gasteiger partial charge in [-0.2, -0.15) is 18.2 Å². The van der Waals surface area contributed by atoms with Crippen molar-refractivity contribution in [3.63, 3.8) is 0 Å². The fraction of sp³-hybridized carbons (Fsp3) is 0.150. The molecule has 0 N–H and O–H groups in total. The number of aryl methyl sites for hydroxylation is 3. The van der Waals surface area contributed by atoms with Crippen LogP contribution in [0, 0.1) is 20.8 Å². The maximum absolute atomic E-state index is 12.3. The van der Waals surface area contributed by atoms with Crippen LogP contribution in [-0.2, 0) is 17.1 Å². The van der Waals surface area contributed by atoms with E-state index in [4.69, 9.17) is 0 Å². The van der Waals surface area contributed by atoms with Gasteiger partial charge in [0, 0.05) is 0 Å². The first-order valence-electron chi connectivity index (χ1n) is 7.10. The Balaban J connectivity index is 0.000000344. The molecule has 2 aromatic carbocycles. The molecule has 0 aromatic heterocycles. The van der Waals surface area contributed by atoms with Crippen molar-refractivity contribution in [1.29, 1.82) is 0 Å². The summed E-state index contributed by atoms with van der Waals surface area (Å²) < 4.78 is 0. The monoisotopic (exact) mass is 332 g/mol. The topological polar surface area (TPSA) is 23.1 Å². The van der Waals surface area contributed by atoms with Gasteiger partial charge in [-0.1, -0.05) is 47.8 Å².